The molecule has 0 spiro atoms. The van der Waals surface area contributed by atoms with Crippen molar-refractivity contribution in [1.29, 1.82) is 0 Å². The van der Waals surface area contributed by atoms with Gasteiger partial charge in [0.15, 0.2) is 41.7 Å². The molecule has 7 atom stereocenters. The standard InChI is InChI=1S/C44H90N30O9/c45-38(46)60-15-1-8-23(68-30(75)22-67-59)31(76)69-24(9-2-16-61-39(47)48)32(77)70-25(10-3-17-62-40(49)50)33(78)71-26(11-4-18-63-41(51)52)34(79)72-27(12-5-19-64-42(53)54)35(80)73-28(13-6-20-65-43(55)56)36(81)74-29(37(82)83)14-7-21-66-44(57)58/h23-29,67H,1-22,59H2,(H,68,75)(H,69,76)(H,70,77)(H,71,78)(H,72,79)(H,73,80)(H,74,81)(H,82,83)(H4,45,46,60)(H4,47,48,61)(H4,49,50,62)(H4,51,52,63)(H4,53,54,64)(H4,55,56,65)(H4,57,58,66)/t23-,24-,25-,26-,27-,28-,29-/m0/s1. The number of nitrogens with two attached hydrogens (primary N) is 15. The number of guanidine groups is 7. The quantitative estimate of drug-likeness (QED) is 0.00885. The molecular weight excluding hydrogens is 1090 g/mol. The highest BCUT2D eigenvalue weighted by molar-refractivity contribution is 5.97. The Morgan fingerprint density at radius 1 is 0.289 bits per heavy atom. The number of nitrogens with zero attached hydrogens (tertiary/aromatic N) is 7. The SMILES string of the molecule is NNCC(=O)N[C@@H](CCCN=C(N)N)C(=O)N[C@@H](CCCN=C(N)N)C(=O)N[C@@H](CCCN=C(N)N)C(=O)N[C@@H](CCCN=C(N)N)C(=O)N[C@@H](CCCN=C(N)N)C(=O)N[C@@H](CCCN=C(N)N)C(=O)N[C@@H](CCCN=C(N)N)C(=O)O. The van der Waals surface area contributed by atoms with Gasteiger partial charge in [-0.15, -0.1) is 0 Å². The number of hydrogen-bond donors (Lipinski definition) is 24. The fourth-order valence-electron chi connectivity index (χ4n) is 7.37. The van der Waals surface area contributed by atoms with E-state index < -0.39 is 89.6 Å². The lowest BCUT2D eigenvalue weighted by Gasteiger charge is -2.28. The zero-order chi connectivity index (χ0) is 62.9. The van der Waals surface area contributed by atoms with Gasteiger partial charge in [-0.05, 0) is 89.9 Å². The lowest BCUT2D eigenvalue weighted by molar-refractivity contribution is -0.142. The maximum atomic E-state index is 14.5. The number of hydrogen-bond acceptors (Lipinski definition) is 17. The number of aliphatic imine (C=N–C) groups is 7. The number of carbonyl (C=O) groups is 8. The summed E-state index contributed by atoms with van der Waals surface area (Å²) in [6.45, 7) is -0.311. The minimum Gasteiger partial charge on any atom is -0.480 e. The van der Waals surface area contributed by atoms with E-state index >= 15 is 0 Å². The molecule has 0 aromatic heterocycles. The second kappa shape index (κ2) is 42.5. The summed E-state index contributed by atoms with van der Waals surface area (Å²) in [5, 5.41) is 28.0. The van der Waals surface area contributed by atoms with Gasteiger partial charge in [-0.25, -0.2) is 4.79 Å². The third-order valence-electron chi connectivity index (χ3n) is 11.3. The lowest BCUT2D eigenvalue weighted by Crippen LogP contribution is -2.60. The lowest BCUT2D eigenvalue weighted by atomic mass is 10.0. The van der Waals surface area contributed by atoms with Gasteiger partial charge in [-0.1, -0.05) is 0 Å². The fourth-order valence-corrected chi connectivity index (χ4v) is 7.37. The summed E-state index contributed by atoms with van der Waals surface area (Å²) in [5.41, 5.74) is 79.0. The van der Waals surface area contributed by atoms with E-state index in [1.165, 1.54) is 0 Å². The van der Waals surface area contributed by atoms with Gasteiger partial charge in [0.05, 0.1) is 6.54 Å². The van der Waals surface area contributed by atoms with Crippen molar-refractivity contribution >= 4 is 89.0 Å². The number of carboxylic acids is 1. The summed E-state index contributed by atoms with van der Waals surface area (Å²) in [5.74, 6) is -3.94. The van der Waals surface area contributed by atoms with Crippen LogP contribution >= 0.6 is 0 Å². The van der Waals surface area contributed by atoms with E-state index in [-0.39, 0.29) is 184 Å². The molecule has 470 valence electrons. The molecule has 0 heterocycles. The normalized spacial score (nSPS) is 13.1. The molecule has 39 nitrogen and oxygen atoms in total. The molecule has 0 saturated heterocycles. The number of hydrazine groups is 1. The van der Waals surface area contributed by atoms with E-state index in [1.54, 1.807) is 0 Å². The van der Waals surface area contributed by atoms with E-state index in [9.17, 15) is 43.5 Å². The van der Waals surface area contributed by atoms with E-state index in [2.05, 4.69) is 77.6 Å². The Labute approximate surface area is 479 Å². The zero-order valence-corrected chi connectivity index (χ0v) is 46.6. The van der Waals surface area contributed by atoms with Crippen LogP contribution in [0.25, 0.3) is 0 Å². The first-order chi connectivity index (χ1) is 39.2. The van der Waals surface area contributed by atoms with Gasteiger partial charge >= 0.3 is 5.97 Å². The van der Waals surface area contributed by atoms with E-state index in [4.69, 9.17) is 86.1 Å². The molecule has 0 aromatic rings. The van der Waals surface area contributed by atoms with Gasteiger partial charge in [0.2, 0.25) is 41.4 Å². The Morgan fingerprint density at radius 3 is 0.627 bits per heavy atom. The average molecular weight is 1180 g/mol. The van der Waals surface area contributed by atoms with Crippen LogP contribution < -0.4 is 129 Å². The van der Waals surface area contributed by atoms with E-state index in [0.29, 0.717) is 0 Å². The van der Waals surface area contributed by atoms with E-state index in [1.807, 2.05) is 0 Å². The van der Waals surface area contributed by atoms with Crippen LogP contribution in [0.3, 0.4) is 0 Å². The van der Waals surface area contributed by atoms with Crippen molar-refractivity contribution in [3.63, 3.8) is 0 Å². The number of rotatable bonds is 44. The van der Waals surface area contributed by atoms with Gasteiger partial charge in [0.25, 0.3) is 0 Å². The predicted molar refractivity (Wildman–Crippen MR) is 313 cm³/mol. The number of amides is 7. The maximum absolute atomic E-state index is 14.5. The monoisotopic (exact) mass is 1180 g/mol. The summed E-state index contributed by atoms with van der Waals surface area (Å²) < 4.78 is 0. The Balaban J connectivity index is 7.38. The molecule has 0 aliphatic heterocycles. The molecule has 0 aliphatic rings. The highest BCUT2D eigenvalue weighted by Crippen LogP contribution is 2.11. The Morgan fingerprint density at radius 2 is 0.458 bits per heavy atom. The second-order valence-electron chi connectivity index (χ2n) is 18.3. The van der Waals surface area contributed by atoms with Crippen molar-refractivity contribution < 1.29 is 43.5 Å². The number of carbonyl (C=O) groups excluding carboxylic acids is 7. The molecule has 0 saturated carbocycles. The summed E-state index contributed by atoms with van der Waals surface area (Å²) in [6, 6.07) is -9.99. The first-order valence-corrected chi connectivity index (χ1v) is 26.3. The van der Waals surface area contributed by atoms with Gasteiger partial charge in [-0.3, -0.25) is 79.8 Å². The molecule has 0 radical (unpaired) electrons. The molecule has 0 bridgehead atoms. The average Bonchev–Trinajstić information content (AvgIpc) is 3.57. The van der Waals surface area contributed by atoms with Crippen molar-refractivity contribution in [2.75, 3.05) is 52.4 Å². The number of nitrogens with one attached hydrogen (secondary N) is 8. The Hall–Kier alpha value is -9.43. The zero-order valence-electron chi connectivity index (χ0n) is 46.6. The molecule has 7 amide bonds. The molecule has 83 heavy (non-hydrogen) atoms. The first-order valence-electron chi connectivity index (χ1n) is 26.3. The minimum atomic E-state index is -1.50. The van der Waals surface area contributed by atoms with Crippen LogP contribution in [0.5, 0.6) is 0 Å². The summed E-state index contributed by atoms with van der Waals surface area (Å²) in [7, 11) is 0. The highest BCUT2D eigenvalue weighted by Gasteiger charge is 2.34. The topological polar surface area (TPSA) is 730 Å². The molecule has 0 unspecified atom stereocenters. The minimum absolute atomic E-state index is 0.00381. The third kappa shape index (κ3) is 37.2. The van der Waals surface area contributed by atoms with Gasteiger partial charge < -0.3 is 123 Å². The third-order valence-corrected chi connectivity index (χ3v) is 11.3. The van der Waals surface area contributed by atoms with Gasteiger partial charge in [0.1, 0.15) is 42.3 Å². The largest absolute Gasteiger partial charge is 0.480 e. The Bertz CT molecular complexity index is 2270. The van der Waals surface area contributed by atoms with E-state index in [0.717, 1.165) is 0 Å². The number of aliphatic carboxylic acids is 1. The predicted octanol–water partition coefficient (Wildman–Crippen LogP) is -11.7. The molecule has 0 rings (SSSR count). The molecule has 39 heteroatoms. The van der Waals surface area contributed by atoms with Crippen molar-refractivity contribution in [3.8, 4) is 0 Å². The summed E-state index contributed by atoms with van der Waals surface area (Å²) in [4.78, 5) is 138. The van der Waals surface area contributed by atoms with Crippen LogP contribution in [0.2, 0.25) is 0 Å². The Kier molecular flexibility index (Phi) is 37.6. The van der Waals surface area contributed by atoms with Crippen LogP contribution in [0, 0.1) is 0 Å². The highest BCUT2D eigenvalue weighted by atomic mass is 16.4. The van der Waals surface area contributed by atoms with Crippen LogP contribution in [-0.4, -0.2) is 189 Å². The fraction of sp³-hybridized carbons (Fsp3) is 0.659. The van der Waals surface area contributed by atoms with Gasteiger partial charge in [0, 0.05) is 45.8 Å². The molecule has 0 aromatic carbocycles. The molecule has 0 fully saturated rings. The smallest absolute Gasteiger partial charge is 0.326 e. The van der Waals surface area contributed by atoms with Crippen molar-refractivity contribution in [1.82, 2.24) is 42.6 Å². The molecule has 0 aliphatic carbocycles. The van der Waals surface area contributed by atoms with Crippen molar-refractivity contribution in [2.45, 2.75) is 132 Å². The second-order valence-corrected chi connectivity index (χ2v) is 18.3. The van der Waals surface area contributed by atoms with Crippen LogP contribution in [-0.2, 0) is 38.4 Å². The van der Waals surface area contributed by atoms with Gasteiger partial charge in [-0.2, -0.15) is 0 Å². The maximum Gasteiger partial charge on any atom is 0.326 e. The van der Waals surface area contributed by atoms with Crippen LogP contribution in [0.15, 0.2) is 34.9 Å². The van der Waals surface area contributed by atoms with Crippen LogP contribution in [0.1, 0.15) is 89.9 Å². The van der Waals surface area contributed by atoms with Crippen LogP contribution in [0.4, 0.5) is 0 Å². The summed E-state index contributed by atoms with van der Waals surface area (Å²) >= 11 is 0. The molecule has 39 N–H and O–H groups in total. The number of carboxylic acid groups (broad SMARTS) is 1. The molecular formula is C44H90N30O9. The van der Waals surface area contributed by atoms with Crippen molar-refractivity contribution in [2.24, 2.45) is 121 Å². The summed E-state index contributed by atoms with van der Waals surface area (Å²) in [6.07, 6.45) is -0.0981. The van der Waals surface area contributed by atoms with Crippen molar-refractivity contribution in [3.05, 3.63) is 0 Å². The first kappa shape index (κ1) is 73.6.